The summed E-state index contributed by atoms with van der Waals surface area (Å²) in [4.78, 5) is 7.88. The number of anilines is 2. The molecular weight excluding hydrogens is 236 g/mol. The van der Waals surface area contributed by atoms with Crippen molar-refractivity contribution in [1.29, 1.82) is 0 Å². The Morgan fingerprint density at radius 1 is 1.18 bits per heavy atom. The van der Waals surface area contributed by atoms with Crippen LogP contribution in [0.4, 0.5) is 11.4 Å². The number of aromatic nitrogens is 2. The maximum atomic E-state index is 6.00. The van der Waals surface area contributed by atoms with Gasteiger partial charge < -0.3 is 11.1 Å². The van der Waals surface area contributed by atoms with Crippen molar-refractivity contribution < 1.29 is 0 Å². The van der Waals surface area contributed by atoms with E-state index in [-0.39, 0.29) is 0 Å². The lowest BCUT2D eigenvalue weighted by molar-refractivity contribution is 1.01. The van der Waals surface area contributed by atoms with E-state index in [1.54, 1.807) is 24.8 Å². The minimum Gasteiger partial charge on any atom is -0.396 e. The van der Waals surface area contributed by atoms with Crippen LogP contribution in [0, 0.1) is 0 Å². The molecule has 0 atom stereocenters. The van der Waals surface area contributed by atoms with Crippen LogP contribution in [-0.2, 0) is 6.42 Å². The standard InChI is InChI=1S/C12H13ClN4/c13-10-7-16-8-11(14)12(10)17-6-3-9-1-4-15-5-2-9/h1-2,4-5,7-8H,3,6,14H2,(H,16,17). The molecule has 3 N–H and O–H groups in total. The van der Waals surface area contributed by atoms with Crippen molar-refractivity contribution in [1.82, 2.24) is 9.97 Å². The molecule has 0 aliphatic heterocycles. The molecule has 0 saturated heterocycles. The van der Waals surface area contributed by atoms with Gasteiger partial charge in [0.05, 0.1) is 22.6 Å². The summed E-state index contributed by atoms with van der Waals surface area (Å²) >= 11 is 6.00. The summed E-state index contributed by atoms with van der Waals surface area (Å²) < 4.78 is 0. The minimum absolute atomic E-state index is 0.541. The van der Waals surface area contributed by atoms with Crippen LogP contribution in [0.25, 0.3) is 0 Å². The predicted molar refractivity (Wildman–Crippen MR) is 70.1 cm³/mol. The minimum atomic E-state index is 0.541. The molecule has 17 heavy (non-hydrogen) atoms. The molecule has 2 rings (SSSR count). The summed E-state index contributed by atoms with van der Waals surface area (Å²) in [6.45, 7) is 0.762. The van der Waals surface area contributed by atoms with Gasteiger partial charge in [-0.15, -0.1) is 0 Å². The van der Waals surface area contributed by atoms with Crippen LogP contribution in [0.5, 0.6) is 0 Å². The van der Waals surface area contributed by atoms with E-state index in [0.29, 0.717) is 10.7 Å². The fraction of sp³-hybridized carbons (Fsp3) is 0.167. The van der Waals surface area contributed by atoms with Crippen LogP contribution in [0.2, 0.25) is 5.02 Å². The largest absolute Gasteiger partial charge is 0.396 e. The van der Waals surface area contributed by atoms with Gasteiger partial charge in [-0.2, -0.15) is 0 Å². The molecule has 5 heteroatoms. The van der Waals surface area contributed by atoms with Crippen molar-refractivity contribution >= 4 is 23.0 Å². The number of pyridine rings is 2. The Kier molecular flexibility index (Phi) is 3.77. The lowest BCUT2D eigenvalue weighted by Crippen LogP contribution is -2.07. The number of nitrogen functional groups attached to an aromatic ring is 1. The Labute approximate surface area is 105 Å². The van der Waals surface area contributed by atoms with Crippen molar-refractivity contribution in [3.05, 3.63) is 47.5 Å². The third-order valence-electron chi connectivity index (χ3n) is 2.39. The molecule has 0 aliphatic carbocycles. The van der Waals surface area contributed by atoms with E-state index in [1.807, 2.05) is 12.1 Å². The zero-order valence-electron chi connectivity index (χ0n) is 9.23. The Morgan fingerprint density at radius 2 is 1.94 bits per heavy atom. The van der Waals surface area contributed by atoms with Crippen LogP contribution < -0.4 is 11.1 Å². The number of nitrogens with one attached hydrogen (secondary N) is 1. The highest BCUT2D eigenvalue weighted by molar-refractivity contribution is 6.33. The molecule has 0 aliphatic rings. The maximum Gasteiger partial charge on any atom is 0.0841 e. The van der Waals surface area contributed by atoms with E-state index in [9.17, 15) is 0 Å². The van der Waals surface area contributed by atoms with Gasteiger partial charge in [0.25, 0.3) is 0 Å². The number of nitrogens with zero attached hydrogens (tertiary/aromatic N) is 2. The van der Waals surface area contributed by atoms with Gasteiger partial charge in [0, 0.05) is 25.1 Å². The van der Waals surface area contributed by atoms with Gasteiger partial charge in [-0.25, -0.2) is 0 Å². The first-order chi connectivity index (χ1) is 8.27. The molecule has 0 aromatic carbocycles. The van der Waals surface area contributed by atoms with Crippen LogP contribution >= 0.6 is 11.6 Å². The fourth-order valence-corrected chi connectivity index (χ4v) is 1.75. The average Bonchev–Trinajstić information content (AvgIpc) is 2.34. The molecule has 0 bridgehead atoms. The summed E-state index contributed by atoms with van der Waals surface area (Å²) in [7, 11) is 0. The number of hydrogen-bond acceptors (Lipinski definition) is 4. The first kappa shape index (κ1) is 11.7. The van der Waals surface area contributed by atoms with Crippen molar-refractivity contribution in [2.45, 2.75) is 6.42 Å². The second kappa shape index (κ2) is 5.50. The molecule has 2 aromatic heterocycles. The van der Waals surface area contributed by atoms with Gasteiger partial charge in [-0.1, -0.05) is 11.6 Å². The molecule has 4 nitrogen and oxygen atoms in total. The van der Waals surface area contributed by atoms with E-state index in [0.717, 1.165) is 18.7 Å². The molecule has 2 aromatic rings. The number of hydrogen-bond donors (Lipinski definition) is 2. The molecule has 0 saturated carbocycles. The van der Waals surface area contributed by atoms with Crippen LogP contribution in [0.3, 0.4) is 0 Å². The first-order valence-electron chi connectivity index (χ1n) is 5.29. The van der Waals surface area contributed by atoms with Gasteiger partial charge in [-0.3, -0.25) is 9.97 Å². The SMILES string of the molecule is Nc1cncc(Cl)c1NCCc1ccncc1. The summed E-state index contributed by atoms with van der Waals surface area (Å²) in [5.41, 5.74) is 8.31. The smallest absolute Gasteiger partial charge is 0.0841 e. The van der Waals surface area contributed by atoms with E-state index in [4.69, 9.17) is 17.3 Å². The van der Waals surface area contributed by atoms with E-state index in [2.05, 4.69) is 15.3 Å². The van der Waals surface area contributed by atoms with Gasteiger partial charge in [0.1, 0.15) is 0 Å². The summed E-state index contributed by atoms with van der Waals surface area (Å²) in [5.74, 6) is 0. The third-order valence-corrected chi connectivity index (χ3v) is 2.68. The van der Waals surface area contributed by atoms with E-state index >= 15 is 0 Å². The molecule has 0 amide bonds. The monoisotopic (exact) mass is 248 g/mol. The van der Waals surface area contributed by atoms with Crippen LogP contribution in [-0.4, -0.2) is 16.5 Å². The Bertz CT molecular complexity index is 467. The average molecular weight is 249 g/mol. The lowest BCUT2D eigenvalue weighted by Gasteiger charge is -2.10. The second-order valence-corrected chi connectivity index (χ2v) is 4.02. The first-order valence-corrected chi connectivity index (χ1v) is 5.67. The van der Waals surface area contributed by atoms with Gasteiger partial charge in [0.15, 0.2) is 0 Å². The van der Waals surface area contributed by atoms with E-state index < -0.39 is 0 Å². The zero-order valence-corrected chi connectivity index (χ0v) is 9.98. The Morgan fingerprint density at radius 3 is 2.65 bits per heavy atom. The Balaban J connectivity index is 1.95. The molecule has 0 unspecified atom stereocenters. The fourth-order valence-electron chi connectivity index (χ4n) is 1.52. The van der Waals surface area contributed by atoms with E-state index in [1.165, 1.54) is 5.56 Å². The van der Waals surface area contributed by atoms with Gasteiger partial charge >= 0.3 is 0 Å². The highest BCUT2D eigenvalue weighted by Gasteiger charge is 2.03. The summed E-state index contributed by atoms with van der Waals surface area (Å²) in [5, 5.41) is 3.75. The topological polar surface area (TPSA) is 63.8 Å². The maximum absolute atomic E-state index is 6.00. The number of halogens is 1. The van der Waals surface area contributed by atoms with Crippen molar-refractivity contribution in [2.75, 3.05) is 17.6 Å². The van der Waals surface area contributed by atoms with Gasteiger partial charge in [0.2, 0.25) is 0 Å². The molecule has 0 spiro atoms. The summed E-state index contributed by atoms with van der Waals surface area (Å²) in [6.07, 6.45) is 7.61. The molecular formula is C12H13ClN4. The quantitative estimate of drug-likeness (QED) is 0.872. The predicted octanol–water partition coefficient (Wildman–Crippen LogP) is 2.37. The van der Waals surface area contributed by atoms with Crippen LogP contribution in [0.1, 0.15) is 5.56 Å². The highest BCUT2D eigenvalue weighted by Crippen LogP contribution is 2.26. The molecule has 0 fully saturated rings. The highest BCUT2D eigenvalue weighted by atomic mass is 35.5. The van der Waals surface area contributed by atoms with Gasteiger partial charge in [-0.05, 0) is 24.1 Å². The third kappa shape index (κ3) is 3.07. The second-order valence-electron chi connectivity index (χ2n) is 3.62. The molecule has 88 valence electrons. The van der Waals surface area contributed by atoms with Crippen molar-refractivity contribution in [3.8, 4) is 0 Å². The summed E-state index contributed by atoms with van der Waals surface area (Å²) in [6, 6.07) is 3.97. The Hall–Kier alpha value is -1.81. The lowest BCUT2D eigenvalue weighted by atomic mass is 10.2. The molecule has 2 heterocycles. The number of rotatable bonds is 4. The number of nitrogens with two attached hydrogens (primary N) is 1. The van der Waals surface area contributed by atoms with Crippen molar-refractivity contribution in [3.63, 3.8) is 0 Å². The zero-order chi connectivity index (χ0) is 12.1. The van der Waals surface area contributed by atoms with Crippen molar-refractivity contribution in [2.24, 2.45) is 0 Å². The van der Waals surface area contributed by atoms with Crippen LogP contribution in [0.15, 0.2) is 36.9 Å². The molecule has 0 radical (unpaired) electrons. The normalized spacial score (nSPS) is 10.2.